The van der Waals surface area contributed by atoms with E-state index in [0.29, 0.717) is 19.0 Å². The van der Waals surface area contributed by atoms with Crippen LogP contribution in [-0.2, 0) is 4.74 Å². The maximum atomic E-state index is 11.6. The van der Waals surface area contributed by atoms with Crippen molar-refractivity contribution in [3.8, 4) is 6.07 Å². The number of carbonyl (C=O) groups is 1. The van der Waals surface area contributed by atoms with E-state index < -0.39 is 11.7 Å². The van der Waals surface area contributed by atoms with Crippen molar-refractivity contribution in [3.63, 3.8) is 0 Å². The highest BCUT2D eigenvalue weighted by atomic mass is 16.6. The molecule has 0 bridgehead atoms. The first kappa shape index (κ1) is 15.8. The molecule has 2 N–H and O–H groups in total. The van der Waals surface area contributed by atoms with Gasteiger partial charge in [-0.3, -0.25) is 5.32 Å². The van der Waals surface area contributed by atoms with E-state index in [1.165, 1.54) is 25.7 Å². The largest absolute Gasteiger partial charge is 0.444 e. The van der Waals surface area contributed by atoms with Crippen LogP contribution in [-0.4, -0.2) is 30.8 Å². The Balaban J connectivity index is 2.39. The fourth-order valence-electron chi connectivity index (χ4n) is 2.45. The van der Waals surface area contributed by atoms with Gasteiger partial charge in [0.25, 0.3) is 0 Å². The van der Waals surface area contributed by atoms with Crippen LogP contribution in [0.3, 0.4) is 0 Å². The molecule has 1 aliphatic carbocycles. The highest BCUT2D eigenvalue weighted by Gasteiger charge is 2.25. The molecular formula is C14H25N3O2. The van der Waals surface area contributed by atoms with Crippen molar-refractivity contribution in [1.29, 1.82) is 5.26 Å². The topological polar surface area (TPSA) is 74.2 Å². The number of ether oxygens (including phenoxy) is 1. The van der Waals surface area contributed by atoms with Gasteiger partial charge in [0.15, 0.2) is 0 Å². The molecular weight excluding hydrogens is 242 g/mol. The molecule has 1 saturated carbocycles. The summed E-state index contributed by atoms with van der Waals surface area (Å²) in [7, 11) is 0. The molecule has 1 amide bonds. The quantitative estimate of drug-likeness (QED) is 0.749. The lowest BCUT2D eigenvalue weighted by Crippen LogP contribution is -2.46. The average Bonchev–Trinajstić information content (AvgIpc) is 2.80. The molecule has 0 aromatic carbocycles. The Morgan fingerprint density at radius 1 is 1.42 bits per heavy atom. The van der Waals surface area contributed by atoms with E-state index in [-0.39, 0.29) is 6.04 Å². The van der Waals surface area contributed by atoms with Crippen molar-refractivity contribution in [2.24, 2.45) is 5.92 Å². The predicted molar refractivity (Wildman–Crippen MR) is 73.6 cm³/mol. The third-order valence-electron chi connectivity index (χ3n) is 3.28. The van der Waals surface area contributed by atoms with Crippen LogP contribution in [0.5, 0.6) is 0 Å². The molecule has 0 unspecified atom stereocenters. The monoisotopic (exact) mass is 267 g/mol. The van der Waals surface area contributed by atoms with Crippen LogP contribution < -0.4 is 10.6 Å². The number of alkyl carbamates (subject to hydrolysis) is 1. The summed E-state index contributed by atoms with van der Waals surface area (Å²) in [6.07, 6.45) is 4.41. The first-order valence-electron chi connectivity index (χ1n) is 6.99. The molecule has 108 valence electrons. The Morgan fingerprint density at radius 3 is 2.58 bits per heavy atom. The summed E-state index contributed by atoms with van der Waals surface area (Å²) in [5.74, 6) is 0.545. The van der Waals surface area contributed by atoms with Gasteiger partial charge in [0, 0.05) is 12.6 Å². The van der Waals surface area contributed by atoms with E-state index in [2.05, 4.69) is 16.7 Å². The fourth-order valence-corrected chi connectivity index (χ4v) is 2.45. The zero-order valence-corrected chi connectivity index (χ0v) is 12.2. The molecule has 0 heterocycles. The van der Waals surface area contributed by atoms with Crippen molar-refractivity contribution < 1.29 is 9.53 Å². The van der Waals surface area contributed by atoms with Crippen molar-refractivity contribution >= 4 is 6.09 Å². The van der Waals surface area contributed by atoms with E-state index in [4.69, 9.17) is 10.00 Å². The number of amides is 1. The van der Waals surface area contributed by atoms with Crippen LogP contribution in [0.4, 0.5) is 4.79 Å². The predicted octanol–water partition coefficient (Wildman–Crippen LogP) is 2.18. The van der Waals surface area contributed by atoms with Gasteiger partial charge in [0.1, 0.15) is 5.60 Å². The van der Waals surface area contributed by atoms with E-state index in [1.807, 2.05) is 20.8 Å². The number of nitrogens with zero attached hydrogens (tertiary/aromatic N) is 1. The average molecular weight is 267 g/mol. The second kappa shape index (κ2) is 7.34. The van der Waals surface area contributed by atoms with Gasteiger partial charge in [-0.05, 0) is 39.5 Å². The summed E-state index contributed by atoms with van der Waals surface area (Å²) >= 11 is 0. The van der Waals surface area contributed by atoms with Crippen molar-refractivity contribution in [3.05, 3.63) is 0 Å². The summed E-state index contributed by atoms with van der Waals surface area (Å²) in [6.45, 7) is 6.36. The Labute approximate surface area is 115 Å². The van der Waals surface area contributed by atoms with Gasteiger partial charge in [0.2, 0.25) is 0 Å². The standard InChI is InChI=1S/C14H25N3O2/c1-14(2,3)19-13(18)17-10-12(16-9-8-15)11-6-4-5-7-11/h11-12,16H,4-7,9-10H2,1-3H3,(H,17,18)/t12-/m0/s1. The van der Waals surface area contributed by atoms with Gasteiger partial charge in [-0.15, -0.1) is 0 Å². The third-order valence-corrected chi connectivity index (χ3v) is 3.28. The van der Waals surface area contributed by atoms with Crippen molar-refractivity contribution in [1.82, 2.24) is 10.6 Å². The van der Waals surface area contributed by atoms with Gasteiger partial charge >= 0.3 is 6.09 Å². The summed E-state index contributed by atoms with van der Waals surface area (Å²) in [4.78, 5) is 11.6. The molecule has 1 fully saturated rings. The zero-order chi connectivity index (χ0) is 14.3. The molecule has 0 aromatic rings. The minimum atomic E-state index is -0.479. The minimum absolute atomic E-state index is 0.162. The lowest BCUT2D eigenvalue weighted by Gasteiger charge is -2.25. The van der Waals surface area contributed by atoms with Gasteiger partial charge < -0.3 is 10.1 Å². The maximum absolute atomic E-state index is 11.6. The SMILES string of the molecule is CC(C)(C)OC(=O)NC[C@H](NCC#N)C1CCCC1. The molecule has 0 saturated heterocycles. The van der Waals surface area contributed by atoms with Gasteiger partial charge in [-0.1, -0.05) is 12.8 Å². The lowest BCUT2D eigenvalue weighted by atomic mass is 9.98. The molecule has 1 atom stereocenters. The summed E-state index contributed by atoms with van der Waals surface area (Å²) < 4.78 is 5.21. The fraction of sp³-hybridized carbons (Fsp3) is 0.857. The second-order valence-corrected chi connectivity index (χ2v) is 6.07. The maximum Gasteiger partial charge on any atom is 0.407 e. The first-order chi connectivity index (χ1) is 8.92. The van der Waals surface area contributed by atoms with E-state index in [0.717, 1.165) is 0 Å². The van der Waals surface area contributed by atoms with Gasteiger partial charge in [-0.25, -0.2) is 4.79 Å². The first-order valence-corrected chi connectivity index (χ1v) is 6.99. The molecule has 5 nitrogen and oxygen atoms in total. The van der Waals surface area contributed by atoms with Crippen LogP contribution >= 0.6 is 0 Å². The highest BCUT2D eigenvalue weighted by molar-refractivity contribution is 5.67. The van der Waals surface area contributed by atoms with Crippen LogP contribution in [0.2, 0.25) is 0 Å². The number of carbonyl (C=O) groups excluding carboxylic acids is 1. The summed E-state index contributed by atoms with van der Waals surface area (Å²) in [6, 6.07) is 2.25. The smallest absolute Gasteiger partial charge is 0.407 e. The third kappa shape index (κ3) is 6.44. The summed E-state index contributed by atoms with van der Waals surface area (Å²) in [5, 5.41) is 14.7. The lowest BCUT2D eigenvalue weighted by molar-refractivity contribution is 0.0518. The zero-order valence-electron chi connectivity index (χ0n) is 12.2. The van der Waals surface area contributed by atoms with Crippen LogP contribution in [0.25, 0.3) is 0 Å². The normalized spacial score (nSPS) is 17.8. The Morgan fingerprint density at radius 2 is 2.05 bits per heavy atom. The van der Waals surface area contributed by atoms with E-state index >= 15 is 0 Å². The van der Waals surface area contributed by atoms with Gasteiger partial charge in [0.05, 0.1) is 12.6 Å². The number of hydrogen-bond acceptors (Lipinski definition) is 4. The molecule has 0 radical (unpaired) electrons. The molecule has 5 heteroatoms. The minimum Gasteiger partial charge on any atom is -0.444 e. The molecule has 1 rings (SSSR count). The van der Waals surface area contributed by atoms with E-state index in [9.17, 15) is 4.79 Å². The number of rotatable bonds is 5. The molecule has 0 spiro atoms. The molecule has 19 heavy (non-hydrogen) atoms. The molecule has 0 aromatic heterocycles. The van der Waals surface area contributed by atoms with Crippen LogP contribution in [0.1, 0.15) is 46.5 Å². The van der Waals surface area contributed by atoms with E-state index in [1.54, 1.807) is 0 Å². The molecule has 1 aliphatic rings. The highest BCUT2D eigenvalue weighted by Crippen LogP contribution is 2.27. The summed E-state index contributed by atoms with van der Waals surface area (Å²) in [5.41, 5.74) is -0.479. The van der Waals surface area contributed by atoms with Crippen molar-refractivity contribution in [2.45, 2.75) is 58.1 Å². The second-order valence-electron chi connectivity index (χ2n) is 6.07. The van der Waals surface area contributed by atoms with Gasteiger partial charge in [-0.2, -0.15) is 5.26 Å². The Hall–Kier alpha value is -1.28. The molecule has 0 aliphatic heterocycles. The Bertz CT molecular complexity index is 325. The van der Waals surface area contributed by atoms with Crippen LogP contribution in [0, 0.1) is 17.2 Å². The van der Waals surface area contributed by atoms with Crippen LogP contribution in [0.15, 0.2) is 0 Å². The Kier molecular flexibility index (Phi) is 6.10. The number of hydrogen-bond donors (Lipinski definition) is 2. The van der Waals surface area contributed by atoms with Crippen molar-refractivity contribution in [2.75, 3.05) is 13.1 Å². The number of nitrogens with one attached hydrogen (secondary N) is 2. The number of nitriles is 1.